The molecule has 0 aliphatic rings. The Bertz CT molecular complexity index is 658. The summed E-state index contributed by atoms with van der Waals surface area (Å²) >= 11 is 12.3. The van der Waals surface area contributed by atoms with Gasteiger partial charge in [-0.05, 0) is 26.3 Å². The van der Waals surface area contributed by atoms with Crippen LogP contribution < -0.4 is 5.32 Å². The van der Waals surface area contributed by atoms with Crippen LogP contribution in [-0.2, 0) is 10.4 Å². The number of aliphatic hydroxyl groups is 1. The van der Waals surface area contributed by atoms with Crippen molar-refractivity contribution in [1.82, 2.24) is 10.3 Å². The minimum absolute atomic E-state index is 0.125. The molecule has 1 unspecified atom stereocenters. The Morgan fingerprint density at radius 3 is 2.23 bits per heavy atom. The third-order valence-corrected chi connectivity index (χ3v) is 3.75. The summed E-state index contributed by atoms with van der Waals surface area (Å²) in [6.07, 6.45) is 1.44. The Kier molecular flexibility index (Phi) is 4.57. The van der Waals surface area contributed by atoms with Crippen LogP contribution in [0.4, 0.5) is 0 Å². The van der Waals surface area contributed by atoms with E-state index in [2.05, 4.69) is 10.3 Å². The van der Waals surface area contributed by atoms with Crippen molar-refractivity contribution >= 4 is 29.1 Å². The normalized spacial score (nSPS) is 14.5. The molecule has 2 rings (SSSR count). The number of H-pyrrole nitrogens is 1. The first-order valence-electron chi connectivity index (χ1n) is 6.79. The van der Waals surface area contributed by atoms with Crippen molar-refractivity contribution in [3.05, 3.63) is 57.8 Å². The van der Waals surface area contributed by atoms with Crippen LogP contribution in [0.15, 0.2) is 36.5 Å². The minimum atomic E-state index is -1.98. The molecule has 0 saturated heterocycles. The lowest BCUT2D eigenvalue weighted by atomic mass is 9.86. The predicted octanol–water partition coefficient (Wildman–Crippen LogP) is 3.47. The number of hydrogen-bond donors (Lipinski definition) is 3. The van der Waals surface area contributed by atoms with Crippen LogP contribution in [0, 0.1) is 0 Å². The molecule has 1 heterocycles. The van der Waals surface area contributed by atoms with Gasteiger partial charge in [0.1, 0.15) is 5.15 Å². The minimum Gasteiger partial charge on any atom is -0.372 e. The maximum Gasteiger partial charge on any atom is 0.261 e. The van der Waals surface area contributed by atoms with Crippen molar-refractivity contribution in [2.24, 2.45) is 0 Å². The van der Waals surface area contributed by atoms with E-state index in [9.17, 15) is 9.90 Å². The Morgan fingerprint density at radius 1 is 1.18 bits per heavy atom. The van der Waals surface area contributed by atoms with Crippen molar-refractivity contribution in [2.75, 3.05) is 0 Å². The molecule has 3 N–H and O–H groups in total. The van der Waals surface area contributed by atoms with E-state index in [1.54, 1.807) is 30.3 Å². The van der Waals surface area contributed by atoms with Gasteiger partial charge in [0.05, 0.1) is 10.6 Å². The van der Waals surface area contributed by atoms with Crippen molar-refractivity contribution in [2.45, 2.75) is 31.9 Å². The van der Waals surface area contributed by atoms with Crippen LogP contribution in [0.1, 0.15) is 31.9 Å². The number of carbonyl (C=O) groups excluding carboxylic acids is 1. The number of amides is 1. The van der Waals surface area contributed by atoms with Crippen molar-refractivity contribution in [3.63, 3.8) is 0 Å². The summed E-state index contributed by atoms with van der Waals surface area (Å²) in [5.74, 6) is -0.588. The molecule has 0 aliphatic carbocycles. The highest BCUT2D eigenvalue weighted by molar-refractivity contribution is 6.36. The van der Waals surface area contributed by atoms with Crippen LogP contribution in [0.5, 0.6) is 0 Å². The van der Waals surface area contributed by atoms with Gasteiger partial charge in [-0.1, -0.05) is 53.5 Å². The predicted molar refractivity (Wildman–Crippen MR) is 88.1 cm³/mol. The second kappa shape index (κ2) is 5.95. The summed E-state index contributed by atoms with van der Waals surface area (Å²) in [7, 11) is 0. The lowest BCUT2D eigenvalue weighted by Gasteiger charge is -2.32. The van der Waals surface area contributed by atoms with Gasteiger partial charge in [0.2, 0.25) is 0 Å². The number of halogens is 2. The zero-order chi connectivity index (χ0) is 16.5. The van der Waals surface area contributed by atoms with Gasteiger partial charge in [-0.2, -0.15) is 0 Å². The van der Waals surface area contributed by atoms with E-state index in [0.29, 0.717) is 5.56 Å². The van der Waals surface area contributed by atoms with E-state index >= 15 is 0 Å². The average Bonchev–Trinajstić information content (AvgIpc) is 2.77. The number of nitrogens with one attached hydrogen (secondary N) is 2. The lowest BCUT2D eigenvalue weighted by Crippen LogP contribution is -2.52. The first kappa shape index (κ1) is 16.9. The topological polar surface area (TPSA) is 65.1 Å². The molecule has 6 heteroatoms. The maximum atomic E-state index is 12.8. The highest BCUT2D eigenvalue weighted by atomic mass is 35.5. The van der Waals surface area contributed by atoms with Crippen LogP contribution in [0.25, 0.3) is 0 Å². The lowest BCUT2D eigenvalue weighted by molar-refractivity contribution is -0.138. The standard InChI is InChI=1S/C16H18Cl2N2O2/c1-15(2,3)20-14(21)16(22,10-7-5-4-6-8-10)12-11(17)9-19-13(12)18/h4-9,19,22H,1-3H3,(H,20,21). The van der Waals surface area contributed by atoms with Crippen LogP contribution in [0.3, 0.4) is 0 Å². The van der Waals surface area contributed by atoms with Crippen LogP contribution >= 0.6 is 23.2 Å². The summed E-state index contributed by atoms with van der Waals surface area (Å²) in [6, 6.07) is 8.58. The molecule has 0 fully saturated rings. The fourth-order valence-corrected chi connectivity index (χ4v) is 2.83. The van der Waals surface area contributed by atoms with Crippen molar-refractivity contribution in [3.8, 4) is 0 Å². The Hall–Kier alpha value is -1.49. The third kappa shape index (κ3) is 3.14. The van der Waals surface area contributed by atoms with Gasteiger partial charge in [0.15, 0.2) is 5.60 Å². The van der Waals surface area contributed by atoms with Gasteiger partial charge in [0, 0.05) is 11.7 Å². The number of benzene rings is 1. The summed E-state index contributed by atoms with van der Waals surface area (Å²) in [5.41, 5.74) is -1.97. The highest BCUT2D eigenvalue weighted by Gasteiger charge is 2.45. The molecular formula is C16H18Cl2N2O2. The molecule has 0 spiro atoms. The molecular weight excluding hydrogens is 323 g/mol. The number of carbonyl (C=O) groups is 1. The monoisotopic (exact) mass is 340 g/mol. The highest BCUT2D eigenvalue weighted by Crippen LogP contribution is 2.39. The molecule has 1 aromatic heterocycles. The van der Waals surface area contributed by atoms with E-state index in [-0.39, 0.29) is 15.7 Å². The van der Waals surface area contributed by atoms with Gasteiger partial charge in [0.25, 0.3) is 5.91 Å². The average molecular weight is 341 g/mol. The van der Waals surface area contributed by atoms with Crippen LogP contribution in [-0.4, -0.2) is 21.5 Å². The smallest absolute Gasteiger partial charge is 0.261 e. The molecule has 22 heavy (non-hydrogen) atoms. The molecule has 118 valence electrons. The number of rotatable bonds is 3. The Balaban J connectivity index is 2.63. The molecule has 0 radical (unpaired) electrons. The molecule has 0 saturated carbocycles. The molecule has 1 amide bonds. The van der Waals surface area contributed by atoms with Gasteiger partial charge >= 0.3 is 0 Å². The van der Waals surface area contributed by atoms with E-state index in [4.69, 9.17) is 23.2 Å². The second-order valence-electron chi connectivity index (χ2n) is 6.11. The third-order valence-electron chi connectivity index (χ3n) is 3.15. The fraction of sp³-hybridized carbons (Fsp3) is 0.312. The van der Waals surface area contributed by atoms with Crippen molar-refractivity contribution < 1.29 is 9.90 Å². The summed E-state index contributed by atoms with van der Waals surface area (Å²) < 4.78 is 0. The molecule has 4 nitrogen and oxygen atoms in total. The number of aromatic amines is 1. The number of aromatic nitrogens is 1. The Morgan fingerprint density at radius 2 is 1.77 bits per heavy atom. The van der Waals surface area contributed by atoms with Gasteiger partial charge in [-0.15, -0.1) is 0 Å². The fourth-order valence-electron chi connectivity index (χ4n) is 2.21. The second-order valence-corrected chi connectivity index (χ2v) is 6.89. The molecule has 0 aliphatic heterocycles. The summed E-state index contributed by atoms with van der Waals surface area (Å²) in [4.78, 5) is 15.5. The van der Waals surface area contributed by atoms with Gasteiger partial charge < -0.3 is 15.4 Å². The quantitative estimate of drug-likeness (QED) is 0.800. The molecule has 1 aromatic carbocycles. The van der Waals surface area contributed by atoms with Gasteiger partial charge in [-0.25, -0.2) is 0 Å². The van der Waals surface area contributed by atoms with Crippen molar-refractivity contribution in [1.29, 1.82) is 0 Å². The largest absolute Gasteiger partial charge is 0.372 e. The van der Waals surface area contributed by atoms with E-state index in [1.807, 2.05) is 20.8 Å². The van der Waals surface area contributed by atoms with Crippen LogP contribution in [0.2, 0.25) is 10.2 Å². The zero-order valence-corrected chi connectivity index (χ0v) is 14.1. The maximum absolute atomic E-state index is 12.8. The summed E-state index contributed by atoms with van der Waals surface area (Å²) in [5, 5.41) is 14.3. The summed E-state index contributed by atoms with van der Waals surface area (Å²) in [6.45, 7) is 5.49. The SMILES string of the molecule is CC(C)(C)NC(=O)C(O)(c1ccccc1)c1c(Cl)c[nH]c1Cl. The zero-order valence-electron chi connectivity index (χ0n) is 12.6. The molecule has 2 aromatic rings. The van der Waals surface area contributed by atoms with Gasteiger partial charge in [-0.3, -0.25) is 4.79 Å². The molecule has 0 bridgehead atoms. The first-order chi connectivity index (χ1) is 10.2. The van der Waals surface area contributed by atoms with E-state index < -0.39 is 17.0 Å². The first-order valence-corrected chi connectivity index (χ1v) is 7.55. The number of hydrogen-bond acceptors (Lipinski definition) is 2. The molecule has 1 atom stereocenters. The van der Waals surface area contributed by atoms with E-state index in [0.717, 1.165) is 0 Å². The van der Waals surface area contributed by atoms with E-state index in [1.165, 1.54) is 6.20 Å². The Labute approximate surface area is 139 Å².